The van der Waals surface area contributed by atoms with Gasteiger partial charge in [0.05, 0.1) is 30.4 Å². The quantitative estimate of drug-likeness (QED) is 0.570. The van der Waals surface area contributed by atoms with Gasteiger partial charge in [0, 0.05) is 19.6 Å². The van der Waals surface area contributed by atoms with Gasteiger partial charge < -0.3 is 19.7 Å². The fraction of sp³-hybridized carbons (Fsp3) is 0.440. The number of nitrogens with zero attached hydrogens (tertiary/aromatic N) is 2. The van der Waals surface area contributed by atoms with Crippen molar-refractivity contribution < 1.29 is 14.3 Å². The fourth-order valence-corrected chi connectivity index (χ4v) is 5.58. The third kappa shape index (κ3) is 4.83. The molecule has 2 heterocycles. The van der Waals surface area contributed by atoms with Gasteiger partial charge in [-0.15, -0.1) is 0 Å². The Labute approximate surface area is 193 Å². The number of benzene rings is 2. The molecule has 1 fully saturated rings. The SMILES string of the molecule is COc1ccc(OC)c(CCNC(=O)C2CCCN(c3nc4c(C)cc(C)cc4s3)C2)c1. The zero-order valence-corrected chi connectivity index (χ0v) is 20.1. The van der Waals surface area contributed by atoms with Gasteiger partial charge in [0.15, 0.2) is 5.13 Å². The highest BCUT2D eigenvalue weighted by atomic mass is 32.1. The van der Waals surface area contributed by atoms with E-state index in [1.54, 1.807) is 25.6 Å². The van der Waals surface area contributed by atoms with Crippen LogP contribution in [0.1, 0.15) is 29.5 Å². The molecule has 2 aromatic carbocycles. The number of rotatable bonds is 7. The van der Waals surface area contributed by atoms with E-state index in [2.05, 4.69) is 36.2 Å². The number of hydrogen-bond acceptors (Lipinski definition) is 6. The van der Waals surface area contributed by atoms with Gasteiger partial charge >= 0.3 is 0 Å². The number of methoxy groups -OCH3 is 2. The highest BCUT2D eigenvalue weighted by Crippen LogP contribution is 2.33. The molecule has 4 rings (SSSR count). The first-order valence-corrected chi connectivity index (χ1v) is 11.9. The first-order valence-electron chi connectivity index (χ1n) is 11.1. The maximum absolute atomic E-state index is 12.9. The first kappa shape index (κ1) is 22.4. The third-order valence-corrected chi connectivity index (χ3v) is 7.13. The first-order chi connectivity index (χ1) is 15.5. The number of thiazole rings is 1. The van der Waals surface area contributed by atoms with Crippen LogP contribution >= 0.6 is 11.3 Å². The zero-order chi connectivity index (χ0) is 22.7. The number of nitrogens with one attached hydrogen (secondary N) is 1. The average molecular weight is 454 g/mol. The molecule has 3 aromatic rings. The molecule has 0 aliphatic carbocycles. The van der Waals surface area contributed by atoms with E-state index in [4.69, 9.17) is 14.5 Å². The van der Waals surface area contributed by atoms with Gasteiger partial charge in [-0.25, -0.2) is 4.98 Å². The van der Waals surface area contributed by atoms with Crippen LogP contribution in [0.2, 0.25) is 0 Å². The molecule has 7 heteroatoms. The summed E-state index contributed by atoms with van der Waals surface area (Å²) in [7, 11) is 3.31. The van der Waals surface area contributed by atoms with Crippen molar-refractivity contribution in [2.45, 2.75) is 33.1 Å². The summed E-state index contributed by atoms with van der Waals surface area (Å²) in [4.78, 5) is 20.1. The van der Waals surface area contributed by atoms with Crippen molar-refractivity contribution >= 4 is 32.6 Å². The smallest absolute Gasteiger partial charge is 0.224 e. The van der Waals surface area contributed by atoms with E-state index in [-0.39, 0.29) is 11.8 Å². The van der Waals surface area contributed by atoms with Crippen molar-refractivity contribution in [1.29, 1.82) is 0 Å². The number of carbonyl (C=O) groups is 1. The van der Waals surface area contributed by atoms with E-state index in [1.165, 1.54) is 15.8 Å². The molecule has 6 nitrogen and oxygen atoms in total. The van der Waals surface area contributed by atoms with Gasteiger partial charge in [-0.1, -0.05) is 17.4 Å². The second-order valence-corrected chi connectivity index (χ2v) is 9.44. The Balaban J connectivity index is 1.37. The van der Waals surface area contributed by atoms with E-state index < -0.39 is 0 Å². The molecule has 1 saturated heterocycles. The summed E-state index contributed by atoms with van der Waals surface area (Å²) in [5.74, 6) is 1.69. The molecule has 1 aliphatic heterocycles. The van der Waals surface area contributed by atoms with Gasteiger partial charge in [-0.2, -0.15) is 0 Å². The van der Waals surface area contributed by atoms with Crippen LogP contribution in [-0.4, -0.2) is 44.7 Å². The number of aryl methyl sites for hydroxylation is 2. The number of fused-ring (bicyclic) bond motifs is 1. The second-order valence-electron chi connectivity index (χ2n) is 8.43. The fourth-order valence-electron chi connectivity index (χ4n) is 4.40. The number of amides is 1. The highest BCUT2D eigenvalue weighted by Gasteiger charge is 2.27. The van der Waals surface area contributed by atoms with E-state index in [9.17, 15) is 4.79 Å². The van der Waals surface area contributed by atoms with Crippen LogP contribution in [0.25, 0.3) is 10.2 Å². The Morgan fingerprint density at radius 2 is 2.06 bits per heavy atom. The maximum atomic E-state index is 12.9. The van der Waals surface area contributed by atoms with Crippen molar-refractivity contribution in [2.24, 2.45) is 5.92 Å². The predicted octanol–water partition coefficient (Wildman–Crippen LogP) is 4.51. The summed E-state index contributed by atoms with van der Waals surface area (Å²) in [6.07, 6.45) is 2.60. The molecule has 0 bridgehead atoms. The van der Waals surface area contributed by atoms with Crippen molar-refractivity contribution in [3.63, 3.8) is 0 Å². The standard InChI is InChI=1S/C25H31N3O3S/c1-16-12-17(2)23-22(13-16)32-25(27-23)28-11-5-6-19(15-28)24(29)26-10-9-18-14-20(30-3)7-8-21(18)31-4/h7-8,12-14,19H,5-6,9-11,15H2,1-4H3,(H,26,29). The molecule has 1 amide bonds. The monoisotopic (exact) mass is 453 g/mol. The Bertz CT molecular complexity index is 1110. The van der Waals surface area contributed by atoms with Gasteiger partial charge in [0.25, 0.3) is 0 Å². The van der Waals surface area contributed by atoms with Crippen LogP contribution < -0.4 is 19.7 Å². The molecule has 1 atom stereocenters. The number of aromatic nitrogens is 1. The van der Waals surface area contributed by atoms with Gasteiger partial charge in [-0.3, -0.25) is 4.79 Å². The van der Waals surface area contributed by atoms with Crippen LogP contribution in [0.3, 0.4) is 0 Å². The van der Waals surface area contributed by atoms with Gasteiger partial charge in [0.2, 0.25) is 5.91 Å². The summed E-state index contributed by atoms with van der Waals surface area (Å²) in [5.41, 5.74) is 4.57. The highest BCUT2D eigenvalue weighted by molar-refractivity contribution is 7.22. The third-order valence-electron chi connectivity index (χ3n) is 6.06. The van der Waals surface area contributed by atoms with Crippen molar-refractivity contribution in [1.82, 2.24) is 10.3 Å². The summed E-state index contributed by atoms with van der Waals surface area (Å²) in [6.45, 7) is 6.46. The van der Waals surface area contributed by atoms with Gasteiger partial charge in [0.1, 0.15) is 11.5 Å². The molecule has 0 spiro atoms. The Hall–Kier alpha value is -2.80. The normalized spacial score (nSPS) is 16.2. The van der Waals surface area contributed by atoms with Crippen LogP contribution in [0, 0.1) is 19.8 Å². The lowest BCUT2D eigenvalue weighted by molar-refractivity contribution is -0.125. The Morgan fingerprint density at radius 1 is 1.22 bits per heavy atom. The number of carbonyl (C=O) groups excluding carboxylic acids is 1. The molecule has 1 N–H and O–H groups in total. The molecule has 0 saturated carbocycles. The summed E-state index contributed by atoms with van der Waals surface area (Å²) >= 11 is 1.73. The molecular formula is C25H31N3O3S. The lowest BCUT2D eigenvalue weighted by atomic mass is 9.97. The lowest BCUT2D eigenvalue weighted by Gasteiger charge is -2.31. The molecular weight excluding hydrogens is 422 g/mol. The Kier molecular flexibility index (Phi) is 6.84. The minimum absolute atomic E-state index is 0.0224. The molecule has 1 unspecified atom stereocenters. The average Bonchev–Trinajstić information content (AvgIpc) is 3.23. The van der Waals surface area contributed by atoms with Crippen LogP contribution in [0.5, 0.6) is 11.5 Å². The van der Waals surface area contributed by atoms with Crippen molar-refractivity contribution in [3.05, 3.63) is 47.0 Å². The minimum atomic E-state index is -0.0224. The topological polar surface area (TPSA) is 63.7 Å². The van der Waals surface area contributed by atoms with E-state index >= 15 is 0 Å². The van der Waals surface area contributed by atoms with Crippen molar-refractivity contribution in [3.8, 4) is 11.5 Å². The van der Waals surface area contributed by atoms with Crippen LogP contribution in [0.15, 0.2) is 30.3 Å². The largest absolute Gasteiger partial charge is 0.497 e. The number of hydrogen-bond donors (Lipinski definition) is 1. The molecule has 1 aliphatic rings. The van der Waals surface area contributed by atoms with E-state index in [1.807, 2.05) is 18.2 Å². The number of anilines is 1. The molecule has 1 aromatic heterocycles. The minimum Gasteiger partial charge on any atom is -0.497 e. The van der Waals surface area contributed by atoms with Crippen LogP contribution in [-0.2, 0) is 11.2 Å². The van der Waals surface area contributed by atoms with E-state index in [0.717, 1.165) is 47.1 Å². The Morgan fingerprint density at radius 3 is 2.84 bits per heavy atom. The molecule has 170 valence electrons. The summed E-state index contributed by atoms with van der Waals surface area (Å²) in [6, 6.07) is 10.1. The van der Waals surface area contributed by atoms with Crippen LogP contribution in [0.4, 0.5) is 5.13 Å². The molecule has 32 heavy (non-hydrogen) atoms. The van der Waals surface area contributed by atoms with E-state index in [0.29, 0.717) is 19.5 Å². The lowest BCUT2D eigenvalue weighted by Crippen LogP contribution is -2.43. The summed E-state index contributed by atoms with van der Waals surface area (Å²) < 4.78 is 12.0. The summed E-state index contributed by atoms with van der Waals surface area (Å²) in [5, 5.41) is 4.15. The van der Waals surface area contributed by atoms with Crippen molar-refractivity contribution in [2.75, 3.05) is 38.8 Å². The second kappa shape index (κ2) is 9.77. The maximum Gasteiger partial charge on any atom is 0.224 e. The zero-order valence-electron chi connectivity index (χ0n) is 19.2. The molecule has 0 radical (unpaired) electrons. The number of piperidine rings is 1. The number of ether oxygens (including phenoxy) is 2. The van der Waals surface area contributed by atoms with Gasteiger partial charge in [-0.05, 0) is 74.1 Å². The predicted molar refractivity (Wildman–Crippen MR) is 130 cm³/mol.